The number of benzene rings is 3. The predicted octanol–water partition coefficient (Wildman–Crippen LogP) is 3.70. The Kier molecular flexibility index (Phi) is 8.02. The highest BCUT2D eigenvalue weighted by molar-refractivity contribution is 7.92. The van der Waals surface area contributed by atoms with Crippen LogP contribution in [-0.2, 0) is 28.0 Å². The van der Waals surface area contributed by atoms with Crippen molar-refractivity contribution in [3.05, 3.63) is 99.4 Å². The number of amides is 1. The Morgan fingerprint density at radius 1 is 1.06 bits per heavy atom. The molecule has 0 saturated heterocycles. The Balaban J connectivity index is 1.60. The lowest BCUT2D eigenvalue weighted by atomic mass is 10.2. The summed E-state index contributed by atoms with van der Waals surface area (Å²) in [7, 11) is -3.89. The van der Waals surface area contributed by atoms with E-state index in [1.165, 1.54) is 24.3 Å². The molecule has 3 aromatic carbocycles. The van der Waals surface area contributed by atoms with Crippen molar-refractivity contribution in [2.45, 2.75) is 20.1 Å². The van der Waals surface area contributed by atoms with Gasteiger partial charge in [-0.2, -0.15) is 0 Å². The highest BCUT2D eigenvalue weighted by atomic mass is 32.2. The summed E-state index contributed by atoms with van der Waals surface area (Å²) in [5.41, 5.74) is 1.84. The van der Waals surface area contributed by atoms with Gasteiger partial charge in [-0.25, -0.2) is 12.8 Å². The second-order valence-electron chi connectivity index (χ2n) is 7.83. The van der Waals surface area contributed by atoms with E-state index in [2.05, 4.69) is 5.32 Å². The summed E-state index contributed by atoms with van der Waals surface area (Å²) in [4.78, 5) is 23.0. The Morgan fingerprint density at radius 3 is 2.29 bits per heavy atom. The molecule has 0 aliphatic rings. The van der Waals surface area contributed by atoms with Gasteiger partial charge in [0.05, 0.1) is 16.9 Å². The quantitative estimate of drug-likeness (QED) is 0.334. The summed E-state index contributed by atoms with van der Waals surface area (Å²) in [5, 5.41) is 13.8. The number of ether oxygens (including phenoxy) is 1. The molecule has 0 heterocycles. The monoisotopic (exact) mass is 501 g/mol. The second-order valence-corrected chi connectivity index (χ2v) is 9.74. The average molecular weight is 502 g/mol. The lowest BCUT2D eigenvalue weighted by Crippen LogP contribution is -2.40. The third-order valence-corrected chi connectivity index (χ3v) is 6.22. The number of hydrogen-bond acceptors (Lipinski definition) is 6. The zero-order chi connectivity index (χ0) is 25.6. The first kappa shape index (κ1) is 25.6. The largest absolute Gasteiger partial charge is 0.489 e. The van der Waals surface area contributed by atoms with E-state index in [0.29, 0.717) is 11.3 Å². The zero-order valence-corrected chi connectivity index (χ0v) is 19.9. The number of aryl methyl sites for hydroxylation is 1. The molecule has 0 atom stereocenters. The molecule has 0 aliphatic carbocycles. The maximum Gasteiger partial charge on any atom is 0.271 e. The molecule has 1 N–H and O–H groups in total. The van der Waals surface area contributed by atoms with Crippen LogP contribution in [0.3, 0.4) is 0 Å². The van der Waals surface area contributed by atoms with Crippen LogP contribution in [0.5, 0.6) is 5.75 Å². The van der Waals surface area contributed by atoms with Gasteiger partial charge in [0.15, 0.2) is 0 Å². The van der Waals surface area contributed by atoms with Gasteiger partial charge < -0.3 is 10.1 Å². The summed E-state index contributed by atoms with van der Waals surface area (Å²) in [6, 6.07) is 16.8. The van der Waals surface area contributed by atoms with Crippen LogP contribution >= 0.6 is 0 Å². The minimum absolute atomic E-state index is 0.0690. The van der Waals surface area contributed by atoms with Crippen LogP contribution in [0.1, 0.15) is 16.7 Å². The number of hydrogen-bond donors (Lipinski definition) is 1. The smallest absolute Gasteiger partial charge is 0.271 e. The number of nitrogens with one attached hydrogen (secondary N) is 1. The number of nitrogens with zero attached hydrogens (tertiary/aromatic N) is 2. The van der Waals surface area contributed by atoms with Crippen molar-refractivity contribution in [3.8, 4) is 5.75 Å². The number of carbonyl (C=O) groups excluding carboxylic acids is 1. The molecule has 35 heavy (non-hydrogen) atoms. The van der Waals surface area contributed by atoms with Crippen molar-refractivity contribution in [2.24, 2.45) is 0 Å². The Bertz CT molecular complexity index is 1310. The molecule has 9 nitrogen and oxygen atoms in total. The molecule has 1 amide bonds. The van der Waals surface area contributed by atoms with Crippen molar-refractivity contribution < 1.29 is 27.3 Å². The van der Waals surface area contributed by atoms with Gasteiger partial charge in [0.1, 0.15) is 24.7 Å². The van der Waals surface area contributed by atoms with Crippen molar-refractivity contribution in [1.82, 2.24) is 5.32 Å². The summed E-state index contributed by atoms with van der Waals surface area (Å²) in [6.45, 7) is 1.49. The fourth-order valence-electron chi connectivity index (χ4n) is 3.20. The van der Waals surface area contributed by atoms with Crippen LogP contribution in [0.4, 0.5) is 15.8 Å². The third kappa shape index (κ3) is 7.24. The first-order valence-electron chi connectivity index (χ1n) is 10.5. The van der Waals surface area contributed by atoms with E-state index in [9.17, 15) is 27.7 Å². The van der Waals surface area contributed by atoms with E-state index in [4.69, 9.17) is 4.74 Å². The molecule has 0 aromatic heterocycles. The van der Waals surface area contributed by atoms with Crippen molar-refractivity contribution in [3.63, 3.8) is 0 Å². The number of carbonyl (C=O) groups is 1. The van der Waals surface area contributed by atoms with Crippen LogP contribution < -0.4 is 14.4 Å². The minimum atomic E-state index is -3.89. The number of halogens is 1. The summed E-state index contributed by atoms with van der Waals surface area (Å²) in [5.74, 6) is -0.299. The number of sulfonamides is 1. The third-order valence-electron chi connectivity index (χ3n) is 5.09. The van der Waals surface area contributed by atoms with E-state index >= 15 is 0 Å². The van der Waals surface area contributed by atoms with Gasteiger partial charge in [0.25, 0.3) is 5.69 Å². The molecule has 0 spiro atoms. The number of anilines is 1. The molecule has 0 saturated carbocycles. The molecule has 11 heteroatoms. The topological polar surface area (TPSA) is 119 Å². The van der Waals surface area contributed by atoms with Crippen molar-refractivity contribution >= 4 is 27.3 Å². The minimum Gasteiger partial charge on any atom is -0.489 e. The molecule has 0 unspecified atom stereocenters. The fourth-order valence-corrected chi connectivity index (χ4v) is 4.10. The number of rotatable bonds is 10. The van der Waals surface area contributed by atoms with Crippen LogP contribution in [0.25, 0.3) is 0 Å². The van der Waals surface area contributed by atoms with Gasteiger partial charge in [0, 0.05) is 18.7 Å². The second kappa shape index (κ2) is 11.0. The van der Waals surface area contributed by atoms with E-state index in [-0.39, 0.29) is 30.3 Å². The molecule has 0 radical (unpaired) electrons. The van der Waals surface area contributed by atoms with Crippen LogP contribution in [-0.4, -0.2) is 32.0 Å². The lowest BCUT2D eigenvalue weighted by molar-refractivity contribution is -0.384. The van der Waals surface area contributed by atoms with Gasteiger partial charge >= 0.3 is 0 Å². The van der Waals surface area contributed by atoms with Gasteiger partial charge in [0.2, 0.25) is 15.9 Å². The van der Waals surface area contributed by atoms with E-state index in [1.54, 1.807) is 43.3 Å². The Labute approximate surface area is 202 Å². The zero-order valence-electron chi connectivity index (χ0n) is 19.1. The number of nitro benzene ring substituents is 1. The van der Waals surface area contributed by atoms with E-state index in [0.717, 1.165) is 27.8 Å². The molecule has 3 rings (SSSR count). The highest BCUT2D eigenvalue weighted by Gasteiger charge is 2.24. The number of nitro groups is 1. The average Bonchev–Trinajstić information content (AvgIpc) is 2.81. The first-order chi connectivity index (χ1) is 16.5. The SMILES string of the molecule is Cc1ccc([N+](=O)[O-])cc1N(CC(=O)NCc1ccc(OCc2ccc(F)cc2)cc1)S(C)(=O)=O. The molecular weight excluding hydrogens is 477 g/mol. The van der Waals surface area contributed by atoms with Gasteiger partial charge in [-0.15, -0.1) is 0 Å². The fraction of sp³-hybridized carbons (Fsp3) is 0.208. The molecule has 0 aliphatic heterocycles. The van der Waals surface area contributed by atoms with Crippen molar-refractivity contribution in [1.29, 1.82) is 0 Å². The van der Waals surface area contributed by atoms with Crippen LogP contribution in [0.15, 0.2) is 66.7 Å². The first-order valence-corrected chi connectivity index (χ1v) is 12.3. The van der Waals surface area contributed by atoms with Gasteiger partial charge in [-0.05, 0) is 47.9 Å². The maximum absolute atomic E-state index is 13.0. The van der Waals surface area contributed by atoms with Crippen LogP contribution in [0.2, 0.25) is 0 Å². The summed E-state index contributed by atoms with van der Waals surface area (Å²) < 4.78 is 44.1. The molecule has 0 bridgehead atoms. The van der Waals surface area contributed by atoms with E-state index in [1.807, 2.05) is 0 Å². The standard InChI is InChI=1S/C24H24FN3O6S/c1-17-3-10-21(28(30)31)13-23(17)27(35(2,32)33)15-24(29)26-14-18-6-11-22(12-7-18)34-16-19-4-8-20(25)9-5-19/h3-13H,14-16H2,1-2H3,(H,26,29). The molecule has 0 fully saturated rings. The van der Waals surface area contributed by atoms with Crippen molar-refractivity contribution in [2.75, 3.05) is 17.1 Å². The Morgan fingerprint density at radius 2 is 1.69 bits per heavy atom. The maximum atomic E-state index is 13.0. The predicted molar refractivity (Wildman–Crippen MR) is 129 cm³/mol. The lowest BCUT2D eigenvalue weighted by Gasteiger charge is -2.23. The molecule has 3 aromatic rings. The normalized spacial score (nSPS) is 11.1. The molecule has 184 valence electrons. The highest BCUT2D eigenvalue weighted by Crippen LogP contribution is 2.27. The summed E-state index contributed by atoms with van der Waals surface area (Å²) >= 11 is 0. The van der Waals surface area contributed by atoms with E-state index < -0.39 is 27.4 Å². The van der Waals surface area contributed by atoms with Gasteiger partial charge in [-0.1, -0.05) is 30.3 Å². The van der Waals surface area contributed by atoms with Gasteiger partial charge in [-0.3, -0.25) is 19.2 Å². The molecular formula is C24H24FN3O6S. The Hall–Kier alpha value is -3.99. The summed E-state index contributed by atoms with van der Waals surface area (Å²) in [6.07, 6.45) is 0.934. The van der Waals surface area contributed by atoms with Crippen LogP contribution in [0, 0.1) is 22.9 Å². The number of non-ortho nitro benzene ring substituents is 1.